The Hall–Kier alpha value is -0.870. The summed E-state index contributed by atoms with van der Waals surface area (Å²) in [7, 11) is 4.16. The Balaban J connectivity index is 2.86. The first-order valence-corrected chi connectivity index (χ1v) is 7.25. The summed E-state index contributed by atoms with van der Waals surface area (Å²) < 4.78 is 0. The van der Waals surface area contributed by atoms with Gasteiger partial charge in [0.25, 0.3) is 0 Å². The van der Waals surface area contributed by atoms with Gasteiger partial charge in [-0.3, -0.25) is 0 Å². The number of anilines is 1. The van der Waals surface area contributed by atoms with Gasteiger partial charge in [-0.15, -0.1) is 11.6 Å². The number of aryl methyl sites for hydroxylation is 1. The Labute approximate surface area is 121 Å². The Bertz CT molecular complexity index is 393. The number of rotatable bonds is 7. The molecule has 4 nitrogen and oxygen atoms in total. The predicted octanol–water partition coefficient (Wildman–Crippen LogP) is 2.55. The van der Waals surface area contributed by atoms with Crippen molar-refractivity contribution in [3.63, 3.8) is 0 Å². The molecule has 0 spiro atoms. The highest BCUT2D eigenvalue weighted by Crippen LogP contribution is 2.14. The van der Waals surface area contributed by atoms with Gasteiger partial charge in [0.1, 0.15) is 0 Å². The highest BCUT2D eigenvalue weighted by Gasteiger charge is 2.13. The summed E-state index contributed by atoms with van der Waals surface area (Å²) in [6.45, 7) is 9.30. The molecule has 0 fully saturated rings. The molecule has 5 heteroatoms. The minimum atomic E-state index is 0.466. The van der Waals surface area contributed by atoms with Crippen LogP contribution in [-0.4, -0.2) is 48.6 Å². The zero-order chi connectivity index (χ0) is 14.4. The van der Waals surface area contributed by atoms with Crippen LogP contribution in [0.5, 0.6) is 0 Å². The van der Waals surface area contributed by atoms with E-state index in [1.54, 1.807) is 0 Å². The number of nitrogens with zero attached hydrogens (tertiary/aromatic N) is 4. The molecule has 1 aromatic heterocycles. The Morgan fingerprint density at radius 1 is 1.26 bits per heavy atom. The van der Waals surface area contributed by atoms with Crippen LogP contribution in [0.25, 0.3) is 0 Å². The van der Waals surface area contributed by atoms with Gasteiger partial charge in [-0.1, -0.05) is 13.8 Å². The maximum absolute atomic E-state index is 5.85. The van der Waals surface area contributed by atoms with E-state index in [4.69, 9.17) is 11.6 Å². The van der Waals surface area contributed by atoms with Crippen molar-refractivity contribution < 1.29 is 0 Å². The fourth-order valence-corrected chi connectivity index (χ4v) is 2.06. The van der Waals surface area contributed by atoms with Crippen LogP contribution in [0.1, 0.15) is 25.1 Å². The largest absolute Gasteiger partial charge is 0.339 e. The minimum absolute atomic E-state index is 0.466. The molecule has 0 N–H and O–H groups in total. The average molecular weight is 285 g/mol. The number of hydrogen-bond donors (Lipinski definition) is 0. The molecule has 0 saturated carbocycles. The molecule has 0 aliphatic heterocycles. The van der Waals surface area contributed by atoms with Crippen molar-refractivity contribution in [2.24, 2.45) is 5.92 Å². The number of hydrogen-bond acceptors (Lipinski definition) is 4. The van der Waals surface area contributed by atoms with Crippen molar-refractivity contribution >= 4 is 17.5 Å². The van der Waals surface area contributed by atoms with Crippen LogP contribution in [0.15, 0.2) is 6.20 Å². The van der Waals surface area contributed by atoms with Gasteiger partial charge in [-0.2, -0.15) is 0 Å². The van der Waals surface area contributed by atoms with Crippen molar-refractivity contribution in [3.05, 3.63) is 17.5 Å². The zero-order valence-corrected chi connectivity index (χ0v) is 13.4. The van der Waals surface area contributed by atoms with E-state index in [-0.39, 0.29) is 0 Å². The van der Waals surface area contributed by atoms with Gasteiger partial charge in [0.2, 0.25) is 5.95 Å². The minimum Gasteiger partial charge on any atom is -0.339 e. The van der Waals surface area contributed by atoms with Crippen LogP contribution in [0.3, 0.4) is 0 Å². The molecular weight excluding hydrogens is 260 g/mol. The van der Waals surface area contributed by atoms with Crippen LogP contribution in [0.2, 0.25) is 0 Å². The molecule has 1 rings (SSSR count). The van der Waals surface area contributed by atoms with Crippen molar-refractivity contribution in [1.29, 1.82) is 0 Å². The van der Waals surface area contributed by atoms with Crippen LogP contribution in [-0.2, 0) is 5.88 Å². The van der Waals surface area contributed by atoms with E-state index in [0.717, 1.165) is 36.8 Å². The first-order valence-electron chi connectivity index (χ1n) is 6.72. The molecule has 1 aromatic rings. The summed E-state index contributed by atoms with van der Waals surface area (Å²) in [6.07, 6.45) is 1.84. The number of alkyl halides is 1. The third kappa shape index (κ3) is 5.33. The third-order valence-electron chi connectivity index (χ3n) is 2.90. The van der Waals surface area contributed by atoms with E-state index in [1.165, 1.54) is 0 Å². The van der Waals surface area contributed by atoms with E-state index in [9.17, 15) is 0 Å². The molecule has 0 aliphatic rings. The van der Waals surface area contributed by atoms with Gasteiger partial charge >= 0.3 is 0 Å². The summed E-state index contributed by atoms with van der Waals surface area (Å²) in [5, 5.41) is 0. The van der Waals surface area contributed by atoms with Crippen molar-refractivity contribution in [3.8, 4) is 0 Å². The fourth-order valence-electron chi connectivity index (χ4n) is 1.80. The quantitative estimate of drug-likeness (QED) is 0.721. The molecular formula is C14H25ClN4. The van der Waals surface area contributed by atoms with Gasteiger partial charge < -0.3 is 9.80 Å². The van der Waals surface area contributed by atoms with Crippen LogP contribution in [0.4, 0.5) is 5.95 Å². The molecule has 0 amide bonds. The Kier molecular flexibility index (Phi) is 6.52. The summed E-state index contributed by atoms with van der Waals surface area (Å²) in [4.78, 5) is 13.5. The SMILES string of the molecule is Cc1nc(N(CCN(C)C)CC(C)C)ncc1CCl. The second kappa shape index (κ2) is 7.65. The summed E-state index contributed by atoms with van der Waals surface area (Å²) in [6, 6.07) is 0. The Morgan fingerprint density at radius 3 is 2.42 bits per heavy atom. The normalized spacial score (nSPS) is 11.4. The molecule has 108 valence electrons. The monoisotopic (exact) mass is 284 g/mol. The summed E-state index contributed by atoms with van der Waals surface area (Å²) in [5.74, 6) is 1.86. The Morgan fingerprint density at radius 2 is 1.95 bits per heavy atom. The molecule has 0 aliphatic carbocycles. The molecule has 0 unspecified atom stereocenters. The molecule has 0 aromatic carbocycles. The van der Waals surface area contributed by atoms with Crippen LogP contribution >= 0.6 is 11.6 Å². The second-order valence-electron chi connectivity index (χ2n) is 5.56. The molecule has 0 atom stereocenters. The number of aromatic nitrogens is 2. The summed E-state index contributed by atoms with van der Waals surface area (Å²) >= 11 is 5.85. The molecule has 0 bridgehead atoms. The highest BCUT2D eigenvalue weighted by molar-refractivity contribution is 6.17. The lowest BCUT2D eigenvalue weighted by Crippen LogP contribution is -2.35. The van der Waals surface area contributed by atoms with Crippen molar-refractivity contribution in [2.45, 2.75) is 26.7 Å². The van der Waals surface area contributed by atoms with Gasteiger partial charge in [-0.05, 0) is 26.9 Å². The van der Waals surface area contributed by atoms with E-state index < -0.39 is 0 Å². The average Bonchev–Trinajstić information content (AvgIpc) is 2.33. The highest BCUT2D eigenvalue weighted by atomic mass is 35.5. The lowest BCUT2D eigenvalue weighted by molar-refractivity contribution is 0.407. The number of halogens is 1. The second-order valence-corrected chi connectivity index (χ2v) is 5.82. The first-order chi connectivity index (χ1) is 8.93. The molecule has 0 radical (unpaired) electrons. The maximum atomic E-state index is 5.85. The maximum Gasteiger partial charge on any atom is 0.225 e. The standard InChI is InChI=1S/C14H25ClN4/c1-11(2)10-19(7-6-18(4)5)14-16-9-13(8-15)12(3)17-14/h9,11H,6-8,10H2,1-5H3. The van der Waals surface area contributed by atoms with E-state index in [0.29, 0.717) is 11.8 Å². The van der Waals surface area contributed by atoms with Crippen LogP contribution in [0, 0.1) is 12.8 Å². The van der Waals surface area contributed by atoms with Gasteiger partial charge in [0.05, 0.1) is 5.88 Å². The molecule has 1 heterocycles. The lowest BCUT2D eigenvalue weighted by atomic mass is 10.2. The van der Waals surface area contributed by atoms with E-state index in [2.05, 4.69) is 47.7 Å². The fraction of sp³-hybridized carbons (Fsp3) is 0.714. The summed E-state index contributed by atoms with van der Waals surface area (Å²) in [5.41, 5.74) is 1.97. The number of likely N-dealkylation sites (N-methyl/N-ethyl adjacent to an activating group) is 1. The van der Waals surface area contributed by atoms with E-state index >= 15 is 0 Å². The third-order valence-corrected chi connectivity index (χ3v) is 3.19. The van der Waals surface area contributed by atoms with Gasteiger partial charge in [0.15, 0.2) is 0 Å². The molecule has 0 saturated heterocycles. The van der Waals surface area contributed by atoms with Gasteiger partial charge in [0, 0.05) is 37.1 Å². The topological polar surface area (TPSA) is 32.3 Å². The first kappa shape index (κ1) is 16.2. The molecule has 19 heavy (non-hydrogen) atoms. The lowest BCUT2D eigenvalue weighted by Gasteiger charge is -2.26. The van der Waals surface area contributed by atoms with Crippen molar-refractivity contribution in [2.75, 3.05) is 38.6 Å². The zero-order valence-electron chi connectivity index (χ0n) is 12.6. The van der Waals surface area contributed by atoms with Crippen molar-refractivity contribution in [1.82, 2.24) is 14.9 Å². The smallest absolute Gasteiger partial charge is 0.225 e. The van der Waals surface area contributed by atoms with Crippen LogP contribution < -0.4 is 4.90 Å². The van der Waals surface area contributed by atoms with E-state index in [1.807, 2.05) is 13.1 Å². The predicted molar refractivity (Wildman–Crippen MR) is 81.9 cm³/mol. The van der Waals surface area contributed by atoms with Gasteiger partial charge in [-0.25, -0.2) is 9.97 Å².